The average molecular weight is 1030 g/mol. The number of phosphoric ester groups is 1. The molecule has 0 aliphatic carbocycles. The molecule has 0 radical (unpaired) electrons. The number of carboxylic acid groups (broad SMARTS) is 5. The molecule has 23 heteroatoms. The molecule has 0 aliphatic heterocycles. The van der Waals surface area contributed by atoms with E-state index < -0.39 is 100 Å². The Morgan fingerprint density at radius 1 is 0.557 bits per heavy atom. The van der Waals surface area contributed by atoms with Crippen molar-refractivity contribution in [2.45, 2.75) is 205 Å². The summed E-state index contributed by atoms with van der Waals surface area (Å²) in [5.74, 6) is -8.43. The van der Waals surface area contributed by atoms with Crippen LogP contribution < -0.4 is 16.8 Å². The Hall–Kier alpha value is -3.76. The molecule has 410 valence electrons. The Kier molecular flexibility index (Phi) is 42.9. The third-order valence-corrected chi connectivity index (χ3v) is 12.2. The fourth-order valence-corrected chi connectivity index (χ4v) is 8.49. The molecule has 0 rings (SSSR count). The number of phosphoric acid groups is 1. The molecule has 3 atom stereocenters. The lowest BCUT2D eigenvalue weighted by molar-refractivity contribution is -0.161. The van der Waals surface area contributed by atoms with Crippen LogP contribution in [0.4, 0.5) is 0 Å². The zero-order chi connectivity index (χ0) is 53.1. The van der Waals surface area contributed by atoms with Crippen molar-refractivity contribution in [2.75, 3.05) is 52.5 Å². The SMILES string of the molecule is CCCCCCCCCCCCCC(=O)OC[C@H](COP(=O)(O)OCCN)OC(=O)CCCCCCCCCCCCC.NCCNC(CC(=O)O)C(CC(=O)O)(CC(=O)O)N(CC(=O)O)CC(=O)O. The molecule has 0 fully saturated rings. The molecule has 0 heterocycles. The van der Waals surface area contributed by atoms with Gasteiger partial charge in [-0.1, -0.05) is 142 Å². The molecule has 0 bridgehead atoms. The minimum atomic E-state index is -4.35. The van der Waals surface area contributed by atoms with E-state index in [9.17, 15) is 53.2 Å². The fourth-order valence-electron chi connectivity index (χ4n) is 7.73. The molecule has 70 heavy (non-hydrogen) atoms. The quantitative estimate of drug-likeness (QED) is 0.0179. The molecule has 0 aromatic carbocycles. The highest BCUT2D eigenvalue weighted by Crippen LogP contribution is 2.43. The summed E-state index contributed by atoms with van der Waals surface area (Å²) in [6, 6.07) is -1.40. The lowest BCUT2D eigenvalue weighted by Crippen LogP contribution is -2.65. The van der Waals surface area contributed by atoms with Gasteiger partial charge in [0.05, 0.1) is 51.1 Å². The van der Waals surface area contributed by atoms with Crippen molar-refractivity contribution in [3.05, 3.63) is 0 Å². The highest BCUT2D eigenvalue weighted by atomic mass is 31.2. The number of esters is 2. The number of unbranched alkanes of at least 4 members (excludes halogenated alkanes) is 20. The van der Waals surface area contributed by atoms with Crippen LogP contribution in [0.2, 0.25) is 0 Å². The van der Waals surface area contributed by atoms with E-state index in [1.807, 2.05) is 0 Å². The van der Waals surface area contributed by atoms with Crippen LogP contribution in [0.25, 0.3) is 0 Å². The smallest absolute Gasteiger partial charge is 0.472 e. The van der Waals surface area contributed by atoms with Gasteiger partial charge in [0.15, 0.2) is 6.10 Å². The first-order valence-corrected chi connectivity index (χ1v) is 26.7. The second-order valence-electron chi connectivity index (χ2n) is 17.5. The molecule has 0 saturated carbocycles. The topological polar surface area (TPSA) is 362 Å². The molecule has 2 unspecified atom stereocenters. The van der Waals surface area contributed by atoms with Crippen LogP contribution in [0.3, 0.4) is 0 Å². The highest BCUT2D eigenvalue weighted by molar-refractivity contribution is 7.47. The number of aliphatic carboxylic acids is 5. The normalized spacial score (nSPS) is 13.1. The lowest BCUT2D eigenvalue weighted by atomic mass is 9.79. The van der Waals surface area contributed by atoms with E-state index in [4.69, 9.17) is 45.3 Å². The van der Waals surface area contributed by atoms with Gasteiger partial charge in [-0.05, 0) is 12.8 Å². The van der Waals surface area contributed by atoms with E-state index in [0.717, 1.165) is 32.1 Å². The van der Waals surface area contributed by atoms with E-state index in [1.54, 1.807) is 0 Å². The molecule has 0 aromatic rings. The Bertz CT molecular complexity index is 1460. The van der Waals surface area contributed by atoms with Crippen LogP contribution in [-0.4, -0.2) is 147 Å². The number of rotatable bonds is 48. The van der Waals surface area contributed by atoms with E-state index in [-0.39, 0.29) is 51.7 Å². The molecule has 0 spiro atoms. The fraction of sp³-hybridized carbons (Fsp3) is 0.851. The number of nitrogens with zero attached hydrogens (tertiary/aromatic N) is 1. The maximum atomic E-state index is 12.4. The molecule has 0 amide bonds. The summed E-state index contributed by atoms with van der Waals surface area (Å²) in [5.41, 5.74) is 8.51. The average Bonchev–Trinajstić information content (AvgIpc) is 3.28. The monoisotopic (exact) mass is 1030 g/mol. The molecule has 0 aromatic heterocycles. The van der Waals surface area contributed by atoms with Crippen molar-refractivity contribution in [1.29, 1.82) is 0 Å². The summed E-state index contributed by atoms with van der Waals surface area (Å²) < 4.78 is 32.5. The third kappa shape index (κ3) is 39.9. The van der Waals surface area contributed by atoms with E-state index in [1.165, 1.54) is 103 Å². The molecule has 0 aliphatic rings. The maximum Gasteiger partial charge on any atom is 0.472 e. The van der Waals surface area contributed by atoms with Crippen LogP contribution in [0.1, 0.15) is 187 Å². The van der Waals surface area contributed by atoms with Gasteiger partial charge >= 0.3 is 49.6 Å². The minimum Gasteiger partial charge on any atom is -0.481 e. The molecular formula is C47H89N4O18P. The zero-order valence-electron chi connectivity index (χ0n) is 42.0. The van der Waals surface area contributed by atoms with Gasteiger partial charge in [0, 0.05) is 38.5 Å². The zero-order valence-corrected chi connectivity index (χ0v) is 42.9. The van der Waals surface area contributed by atoms with E-state index in [2.05, 4.69) is 19.2 Å². The third-order valence-electron chi connectivity index (χ3n) is 11.3. The van der Waals surface area contributed by atoms with Crippen molar-refractivity contribution in [3.63, 3.8) is 0 Å². The molecular weight excluding hydrogens is 940 g/mol. The van der Waals surface area contributed by atoms with Crippen LogP contribution in [0.15, 0.2) is 0 Å². The molecule has 22 nitrogen and oxygen atoms in total. The Balaban J connectivity index is 0. The number of nitrogens with two attached hydrogens (primary N) is 2. The van der Waals surface area contributed by atoms with E-state index in [0.29, 0.717) is 11.3 Å². The van der Waals surface area contributed by atoms with Crippen LogP contribution in [0.5, 0.6) is 0 Å². The lowest BCUT2D eigenvalue weighted by Gasteiger charge is -2.46. The first-order valence-electron chi connectivity index (χ1n) is 25.2. The molecule has 0 saturated heterocycles. The summed E-state index contributed by atoms with van der Waals surface area (Å²) in [7, 11) is -4.35. The first-order chi connectivity index (χ1) is 33.3. The largest absolute Gasteiger partial charge is 0.481 e. The predicted molar refractivity (Wildman–Crippen MR) is 261 cm³/mol. The molecule has 11 N–H and O–H groups in total. The van der Waals surface area contributed by atoms with Crippen molar-refractivity contribution in [3.8, 4) is 0 Å². The van der Waals surface area contributed by atoms with Gasteiger partial charge in [-0.3, -0.25) is 47.5 Å². The Morgan fingerprint density at radius 2 is 0.971 bits per heavy atom. The Morgan fingerprint density at radius 3 is 1.34 bits per heavy atom. The van der Waals surface area contributed by atoms with Gasteiger partial charge < -0.3 is 56.7 Å². The number of ether oxygens (including phenoxy) is 2. The van der Waals surface area contributed by atoms with Crippen molar-refractivity contribution in [2.24, 2.45) is 11.5 Å². The second kappa shape index (κ2) is 44.0. The van der Waals surface area contributed by atoms with Crippen LogP contribution in [0, 0.1) is 0 Å². The summed E-state index contributed by atoms with van der Waals surface area (Å²) in [4.78, 5) is 91.6. The minimum absolute atomic E-state index is 0.00972. The summed E-state index contributed by atoms with van der Waals surface area (Å²) in [6.07, 6.45) is 22.8. The van der Waals surface area contributed by atoms with Crippen LogP contribution >= 0.6 is 7.82 Å². The maximum absolute atomic E-state index is 12.4. The number of carbonyl (C=O) groups is 7. The van der Waals surface area contributed by atoms with Crippen molar-refractivity contribution >= 4 is 49.6 Å². The summed E-state index contributed by atoms with van der Waals surface area (Å²) >= 11 is 0. The summed E-state index contributed by atoms with van der Waals surface area (Å²) in [6.45, 7) is 1.65. The number of hydrogen-bond acceptors (Lipinski definition) is 16. The van der Waals surface area contributed by atoms with Gasteiger partial charge in [0.25, 0.3) is 0 Å². The Labute approximate surface area is 414 Å². The van der Waals surface area contributed by atoms with Crippen LogP contribution in [-0.2, 0) is 56.6 Å². The van der Waals surface area contributed by atoms with E-state index >= 15 is 0 Å². The number of hydrogen-bond donors (Lipinski definition) is 9. The standard InChI is InChI=1S/C33H66NO8P.C14H23N3O10/c1-3-5-7-9-11-13-15-17-19-21-23-25-32(35)39-29-31(30-41-43(37,38)40-28-27-34)42-33(36)26-24-22-20-18-16-14-12-10-8-6-4-2;15-1-2-16-8(3-9(18)19)14(4-10(20)21,5-11(22)23)17(6-12(24)25)7-13(26)27/h31H,3-30,34H2,1-2H3,(H,37,38);8,16H,1-7,15H2,(H,18,19)(H,20,21)(H,22,23)(H,24,25)(H,26,27)/t31-;/m1./s1. The van der Waals surface area contributed by atoms with Gasteiger partial charge in [0.2, 0.25) is 0 Å². The van der Waals surface area contributed by atoms with Crippen molar-refractivity contribution < 1.29 is 87.1 Å². The first kappa shape index (κ1) is 68.3. The van der Waals surface area contributed by atoms with Gasteiger partial charge in [0.1, 0.15) is 6.61 Å². The number of carboxylic acids is 5. The second-order valence-corrected chi connectivity index (χ2v) is 19.0. The highest BCUT2D eigenvalue weighted by Gasteiger charge is 2.49. The van der Waals surface area contributed by atoms with Gasteiger partial charge in [-0.15, -0.1) is 0 Å². The van der Waals surface area contributed by atoms with Gasteiger partial charge in [-0.25, -0.2) is 4.57 Å². The van der Waals surface area contributed by atoms with Gasteiger partial charge in [-0.2, -0.15) is 0 Å². The predicted octanol–water partition coefficient (Wildman–Crippen LogP) is 6.47. The number of nitrogens with one attached hydrogen (secondary N) is 1. The number of carbonyl (C=O) groups excluding carboxylic acids is 2. The van der Waals surface area contributed by atoms with Crippen molar-refractivity contribution in [1.82, 2.24) is 10.2 Å². The summed E-state index contributed by atoms with van der Waals surface area (Å²) in [5, 5.41) is 48.5.